The molecule has 1 saturated carbocycles. The van der Waals surface area contributed by atoms with Gasteiger partial charge < -0.3 is 0 Å². The Kier molecular flexibility index (Phi) is 3.45. The minimum Gasteiger partial charge on any atom is -0.123 e. The Hall–Kier alpha value is -0.480. The van der Waals surface area contributed by atoms with Gasteiger partial charge in [-0.05, 0) is 50.2 Å². The molecule has 0 aromatic heterocycles. The third kappa shape index (κ3) is 2.95. The van der Waals surface area contributed by atoms with Gasteiger partial charge in [0.05, 0.1) is 0 Å². The van der Waals surface area contributed by atoms with Crippen molar-refractivity contribution in [3.63, 3.8) is 0 Å². The smallest absolute Gasteiger partial charge is 0.0244 e. The maximum absolute atomic E-state index is 3.51. The van der Waals surface area contributed by atoms with E-state index in [9.17, 15) is 0 Å². The molecule has 1 aliphatic carbocycles. The molecular weight excluding hydrogens is 132 g/mol. The molecule has 0 amide bonds. The largest absolute Gasteiger partial charge is 0.123 e. The van der Waals surface area contributed by atoms with Crippen molar-refractivity contribution in [1.82, 2.24) is 0 Å². The first-order valence-electron chi connectivity index (χ1n) is 4.77. The van der Waals surface area contributed by atoms with E-state index < -0.39 is 0 Å². The summed E-state index contributed by atoms with van der Waals surface area (Å²) in [6.07, 6.45) is 7.88. The van der Waals surface area contributed by atoms with Gasteiger partial charge in [0.25, 0.3) is 0 Å². The maximum atomic E-state index is 3.51. The van der Waals surface area contributed by atoms with Crippen molar-refractivity contribution in [2.24, 2.45) is 0 Å². The second-order valence-corrected chi connectivity index (χ2v) is 3.47. The Balaban J connectivity index is 2.57. The van der Waals surface area contributed by atoms with Crippen molar-refractivity contribution in [2.45, 2.75) is 52.4 Å². The van der Waals surface area contributed by atoms with Gasteiger partial charge in [0.2, 0.25) is 0 Å². The molecule has 0 aromatic carbocycles. The van der Waals surface area contributed by atoms with E-state index in [0.717, 1.165) is 0 Å². The molecule has 0 aromatic rings. The van der Waals surface area contributed by atoms with Crippen LogP contribution < -0.4 is 0 Å². The molecule has 0 radical (unpaired) electrons. The molecule has 0 N–H and O–H groups in total. The van der Waals surface area contributed by atoms with E-state index in [1.807, 2.05) is 0 Å². The zero-order valence-electron chi connectivity index (χ0n) is 7.74. The fourth-order valence-electron chi connectivity index (χ4n) is 1.67. The van der Waals surface area contributed by atoms with Crippen LogP contribution in [0.4, 0.5) is 0 Å². The lowest BCUT2D eigenvalue weighted by molar-refractivity contribution is 0.886. The van der Waals surface area contributed by atoms with E-state index in [1.165, 1.54) is 44.1 Å². The first-order chi connectivity index (χ1) is 5.33. The van der Waals surface area contributed by atoms with Crippen LogP contribution >= 0.6 is 0 Å². The van der Waals surface area contributed by atoms with Gasteiger partial charge in [-0.25, -0.2) is 0 Å². The van der Waals surface area contributed by atoms with Gasteiger partial charge in [-0.1, -0.05) is 13.3 Å². The number of hydrogen-bond donors (Lipinski definition) is 0. The Morgan fingerprint density at radius 1 is 1.36 bits per heavy atom. The molecular formula is C11H18. The summed E-state index contributed by atoms with van der Waals surface area (Å²) in [5.41, 5.74) is 6.53. The van der Waals surface area contributed by atoms with E-state index in [4.69, 9.17) is 0 Å². The highest BCUT2D eigenvalue weighted by molar-refractivity contribution is 5.10. The maximum Gasteiger partial charge on any atom is -0.0244 e. The summed E-state index contributed by atoms with van der Waals surface area (Å²) in [4.78, 5) is 0. The van der Waals surface area contributed by atoms with Crippen LogP contribution in [0.1, 0.15) is 52.4 Å². The van der Waals surface area contributed by atoms with Crippen molar-refractivity contribution in [3.8, 4) is 0 Å². The Labute approximate surface area is 70.0 Å². The van der Waals surface area contributed by atoms with Gasteiger partial charge in [-0.2, -0.15) is 0 Å². The van der Waals surface area contributed by atoms with Gasteiger partial charge in [0.15, 0.2) is 0 Å². The molecule has 11 heavy (non-hydrogen) atoms. The molecule has 0 bridgehead atoms. The normalized spacial score (nSPS) is 16.7. The fourth-order valence-corrected chi connectivity index (χ4v) is 1.67. The highest BCUT2D eigenvalue weighted by Crippen LogP contribution is 2.23. The first-order valence-corrected chi connectivity index (χ1v) is 4.77. The molecule has 0 aliphatic heterocycles. The molecule has 1 fully saturated rings. The lowest BCUT2D eigenvalue weighted by Gasteiger charge is -1.93. The molecule has 1 rings (SSSR count). The van der Waals surface area contributed by atoms with Gasteiger partial charge in [-0.15, -0.1) is 5.73 Å². The van der Waals surface area contributed by atoms with Gasteiger partial charge >= 0.3 is 0 Å². The Bertz CT molecular complexity index is 172. The van der Waals surface area contributed by atoms with Gasteiger partial charge in [-0.3, -0.25) is 0 Å². The van der Waals surface area contributed by atoms with Gasteiger partial charge in [0.1, 0.15) is 0 Å². The summed E-state index contributed by atoms with van der Waals surface area (Å²) in [5.74, 6) is 0. The summed E-state index contributed by atoms with van der Waals surface area (Å²) in [6, 6.07) is 0. The predicted molar refractivity (Wildman–Crippen MR) is 49.6 cm³/mol. The third-order valence-electron chi connectivity index (χ3n) is 2.22. The quantitative estimate of drug-likeness (QED) is 0.525. The highest BCUT2D eigenvalue weighted by atomic mass is 14.1. The van der Waals surface area contributed by atoms with Crippen LogP contribution in [0.5, 0.6) is 0 Å². The van der Waals surface area contributed by atoms with Crippen LogP contribution in [0.15, 0.2) is 16.9 Å². The Morgan fingerprint density at radius 3 is 2.55 bits per heavy atom. The fraction of sp³-hybridized carbons (Fsp3) is 0.727. The average Bonchev–Trinajstić information content (AvgIpc) is 2.40. The van der Waals surface area contributed by atoms with Crippen molar-refractivity contribution in [3.05, 3.63) is 16.9 Å². The van der Waals surface area contributed by atoms with Crippen LogP contribution in [0, 0.1) is 0 Å². The van der Waals surface area contributed by atoms with Crippen molar-refractivity contribution in [1.29, 1.82) is 0 Å². The molecule has 0 unspecified atom stereocenters. The second-order valence-electron chi connectivity index (χ2n) is 3.47. The van der Waals surface area contributed by atoms with Crippen LogP contribution in [-0.4, -0.2) is 0 Å². The summed E-state index contributed by atoms with van der Waals surface area (Å²) in [5, 5.41) is 0. The predicted octanol–water partition coefficient (Wildman–Crippen LogP) is 3.83. The number of hydrogen-bond acceptors (Lipinski definition) is 0. The van der Waals surface area contributed by atoms with Crippen molar-refractivity contribution in [2.75, 3.05) is 0 Å². The standard InChI is InChI=1S/C11H18/c1-3-6-10(2)9-11-7-4-5-8-11/h3-8H2,1-2H3. The third-order valence-corrected chi connectivity index (χ3v) is 2.22. The lowest BCUT2D eigenvalue weighted by atomic mass is 10.1. The van der Waals surface area contributed by atoms with Gasteiger partial charge in [0, 0.05) is 0 Å². The second kappa shape index (κ2) is 4.41. The minimum absolute atomic E-state index is 1.23. The number of rotatable bonds is 2. The Morgan fingerprint density at radius 2 is 2.00 bits per heavy atom. The summed E-state index contributed by atoms with van der Waals surface area (Å²) < 4.78 is 0. The van der Waals surface area contributed by atoms with Crippen LogP contribution in [0.25, 0.3) is 0 Å². The molecule has 0 atom stereocenters. The zero-order valence-corrected chi connectivity index (χ0v) is 7.74. The summed E-state index contributed by atoms with van der Waals surface area (Å²) in [6.45, 7) is 4.43. The summed E-state index contributed by atoms with van der Waals surface area (Å²) in [7, 11) is 0. The van der Waals surface area contributed by atoms with Crippen LogP contribution in [0.2, 0.25) is 0 Å². The van der Waals surface area contributed by atoms with E-state index in [1.54, 1.807) is 5.57 Å². The minimum atomic E-state index is 1.23. The molecule has 0 spiro atoms. The number of allylic oxidation sites excluding steroid dienone is 1. The van der Waals surface area contributed by atoms with Crippen molar-refractivity contribution >= 4 is 0 Å². The zero-order chi connectivity index (χ0) is 8.10. The van der Waals surface area contributed by atoms with E-state index in [-0.39, 0.29) is 0 Å². The van der Waals surface area contributed by atoms with Crippen LogP contribution in [0.3, 0.4) is 0 Å². The molecule has 62 valence electrons. The molecule has 0 saturated heterocycles. The molecule has 1 aliphatic rings. The molecule has 0 nitrogen and oxygen atoms in total. The highest BCUT2D eigenvalue weighted by Gasteiger charge is 2.04. The topological polar surface area (TPSA) is 0 Å². The average molecular weight is 150 g/mol. The first kappa shape index (κ1) is 8.62. The summed E-state index contributed by atoms with van der Waals surface area (Å²) >= 11 is 0. The van der Waals surface area contributed by atoms with E-state index in [2.05, 4.69) is 19.6 Å². The van der Waals surface area contributed by atoms with E-state index in [0.29, 0.717) is 0 Å². The molecule has 0 heterocycles. The van der Waals surface area contributed by atoms with E-state index >= 15 is 0 Å². The van der Waals surface area contributed by atoms with Crippen molar-refractivity contribution < 1.29 is 0 Å². The monoisotopic (exact) mass is 150 g/mol. The molecule has 0 heteroatoms. The lowest BCUT2D eigenvalue weighted by Crippen LogP contribution is -1.74. The SMILES string of the molecule is CCCC(C)=C=C1CCCC1. The van der Waals surface area contributed by atoms with Crippen LogP contribution in [-0.2, 0) is 0 Å².